The van der Waals surface area contributed by atoms with Crippen LogP contribution in [-0.2, 0) is 19.4 Å². The molecule has 0 aliphatic rings. The monoisotopic (exact) mass is 295 g/mol. The average Bonchev–Trinajstić information content (AvgIpc) is 2.11. The van der Waals surface area contributed by atoms with Gasteiger partial charge in [0.15, 0.2) is 0 Å². The maximum absolute atomic E-state index is 11.4. The number of carbonyl (C=O) groups is 3. The van der Waals surface area contributed by atoms with E-state index in [2.05, 4.69) is 5.32 Å². The van der Waals surface area contributed by atoms with Crippen molar-refractivity contribution in [3.05, 3.63) is 0 Å². The molecule has 0 saturated heterocycles. The molecule has 0 fully saturated rings. The minimum atomic E-state index is -3.27. The van der Waals surface area contributed by atoms with Crippen molar-refractivity contribution in [3.8, 4) is 0 Å². The molecule has 0 aliphatic carbocycles. The van der Waals surface area contributed by atoms with E-state index in [-0.39, 0.29) is 5.75 Å². The molecule has 0 aromatic carbocycles. The molecule has 0 heterocycles. The van der Waals surface area contributed by atoms with Gasteiger partial charge in [-0.05, 0) is 6.92 Å². The first-order valence-electron chi connectivity index (χ1n) is 5.27. The summed E-state index contributed by atoms with van der Waals surface area (Å²) in [6, 6.07) is -3.04. The molecule has 0 spiro atoms. The van der Waals surface area contributed by atoms with E-state index in [1.54, 1.807) is 0 Å². The molecular weight excluding hydrogens is 278 g/mol. The van der Waals surface area contributed by atoms with Crippen molar-refractivity contribution < 1.29 is 27.9 Å². The lowest BCUT2D eigenvalue weighted by atomic mass is 10.2. The quantitative estimate of drug-likeness (QED) is 0.427. The number of primary amides is 1. The number of hydrogen-bond acceptors (Lipinski definition) is 5. The molecule has 2 unspecified atom stereocenters. The summed E-state index contributed by atoms with van der Waals surface area (Å²) in [5.74, 6) is -2.57. The summed E-state index contributed by atoms with van der Waals surface area (Å²) in [5.41, 5.74) is 4.84. The first kappa shape index (κ1) is 17.2. The van der Waals surface area contributed by atoms with Crippen molar-refractivity contribution >= 4 is 27.7 Å². The van der Waals surface area contributed by atoms with Gasteiger partial charge in [-0.2, -0.15) is 0 Å². The molecule has 3 amide bonds. The Bertz CT molecular complexity index is 461. The minimum Gasteiger partial charge on any atom is -0.480 e. The van der Waals surface area contributed by atoms with Gasteiger partial charge < -0.3 is 21.5 Å². The molecule has 2 atom stereocenters. The Morgan fingerprint density at radius 1 is 1.26 bits per heavy atom. The molecular formula is C9H17N3O6S. The van der Waals surface area contributed by atoms with Crippen LogP contribution >= 0.6 is 0 Å². The molecule has 110 valence electrons. The lowest BCUT2D eigenvalue weighted by molar-refractivity contribution is -0.140. The van der Waals surface area contributed by atoms with E-state index in [1.165, 1.54) is 6.92 Å². The van der Waals surface area contributed by atoms with Gasteiger partial charge in [0.2, 0.25) is 5.91 Å². The summed E-state index contributed by atoms with van der Waals surface area (Å²) in [6.45, 7) is 1.45. The molecule has 0 aromatic heterocycles. The van der Waals surface area contributed by atoms with Crippen molar-refractivity contribution in [1.29, 1.82) is 0 Å². The molecule has 5 N–H and O–H groups in total. The first-order valence-corrected chi connectivity index (χ1v) is 7.33. The second-order valence-corrected chi connectivity index (χ2v) is 6.36. The Morgan fingerprint density at radius 3 is 2.16 bits per heavy atom. The van der Waals surface area contributed by atoms with Gasteiger partial charge in [-0.3, -0.25) is 4.79 Å². The van der Waals surface area contributed by atoms with Crippen LogP contribution in [0.15, 0.2) is 0 Å². The summed E-state index contributed by atoms with van der Waals surface area (Å²) in [6.07, 6.45) is 0.458. The second kappa shape index (κ2) is 6.92. The Labute approximate surface area is 110 Å². The van der Waals surface area contributed by atoms with Crippen LogP contribution in [0.1, 0.15) is 13.3 Å². The largest absolute Gasteiger partial charge is 0.480 e. The maximum Gasteiger partial charge on any atom is 0.326 e. The molecule has 0 bridgehead atoms. The van der Waals surface area contributed by atoms with Crippen LogP contribution in [0.2, 0.25) is 0 Å². The van der Waals surface area contributed by atoms with Crippen molar-refractivity contribution in [3.63, 3.8) is 0 Å². The van der Waals surface area contributed by atoms with Crippen molar-refractivity contribution in [2.24, 2.45) is 5.73 Å². The topological polar surface area (TPSA) is 156 Å². The third kappa shape index (κ3) is 8.83. The second-order valence-electron chi connectivity index (χ2n) is 4.17. The SMILES string of the molecule is CC(CS(C)(=O)=O)NC(=O)NC(CC(N)=O)C(=O)O. The summed E-state index contributed by atoms with van der Waals surface area (Å²) < 4.78 is 21.9. The van der Waals surface area contributed by atoms with E-state index < -0.39 is 46.2 Å². The highest BCUT2D eigenvalue weighted by atomic mass is 32.2. The number of urea groups is 1. The lowest BCUT2D eigenvalue weighted by Gasteiger charge is -2.17. The number of aliphatic carboxylic acids is 1. The molecule has 10 heteroatoms. The van der Waals surface area contributed by atoms with Gasteiger partial charge in [0.25, 0.3) is 0 Å². The predicted octanol–water partition coefficient (Wildman–Crippen LogP) is -1.95. The number of nitrogens with one attached hydrogen (secondary N) is 2. The zero-order chi connectivity index (χ0) is 15.2. The van der Waals surface area contributed by atoms with Crippen LogP contribution in [0.4, 0.5) is 4.79 Å². The van der Waals surface area contributed by atoms with Crippen LogP contribution in [0.5, 0.6) is 0 Å². The molecule has 0 rings (SSSR count). The Kier molecular flexibility index (Phi) is 6.25. The zero-order valence-electron chi connectivity index (χ0n) is 10.5. The van der Waals surface area contributed by atoms with E-state index >= 15 is 0 Å². The summed E-state index contributed by atoms with van der Waals surface area (Å²) in [7, 11) is -3.27. The summed E-state index contributed by atoms with van der Waals surface area (Å²) in [4.78, 5) is 32.8. The lowest BCUT2D eigenvalue weighted by Crippen LogP contribution is -2.50. The van der Waals surface area contributed by atoms with E-state index in [0.29, 0.717) is 0 Å². The molecule has 0 aliphatic heterocycles. The highest BCUT2D eigenvalue weighted by molar-refractivity contribution is 7.90. The number of rotatable bonds is 7. The van der Waals surface area contributed by atoms with Crippen LogP contribution < -0.4 is 16.4 Å². The van der Waals surface area contributed by atoms with Gasteiger partial charge in [-0.1, -0.05) is 0 Å². The van der Waals surface area contributed by atoms with E-state index in [9.17, 15) is 22.8 Å². The fourth-order valence-corrected chi connectivity index (χ4v) is 2.31. The fourth-order valence-electron chi connectivity index (χ4n) is 1.32. The Balaban J connectivity index is 4.42. The van der Waals surface area contributed by atoms with Gasteiger partial charge in [0, 0.05) is 12.3 Å². The van der Waals surface area contributed by atoms with E-state index in [1.807, 2.05) is 5.32 Å². The number of hydrogen-bond donors (Lipinski definition) is 4. The minimum absolute atomic E-state index is 0.284. The summed E-state index contributed by atoms with van der Waals surface area (Å²) in [5, 5.41) is 13.0. The average molecular weight is 295 g/mol. The van der Waals surface area contributed by atoms with Gasteiger partial charge in [0.05, 0.1) is 12.2 Å². The van der Waals surface area contributed by atoms with Crippen molar-refractivity contribution in [1.82, 2.24) is 10.6 Å². The van der Waals surface area contributed by atoms with Crippen LogP contribution in [-0.4, -0.2) is 55.5 Å². The first-order chi connectivity index (χ1) is 8.51. The van der Waals surface area contributed by atoms with Gasteiger partial charge in [0.1, 0.15) is 15.9 Å². The third-order valence-electron chi connectivity index (χ3n) is 1.94. The smallest absolute Gasteiger partial charge is 0.326 e. The number of amides is 3. The third-order valence-corrected chi connectivity index (χ3v) is 3.04. The molecule has 0 aromatic rings. The molecule has 19 heavy (non-hydrogen) atoms. The highest BCUT2D eigenvalue weighted by Gasteiger charge is 2.23. The standard InChI is InChI=1S/C9H17N3O6S/c1-5(4-19(2,17)18)11-9(16)12-6(8(14)15)3-7(10)13/h5-6H,3-4H2,1-2H3,(H2,10,13)(H,14,15)(H2,11,12,16). The molecule has 0 radical (unpaired) electrons. The van der Waals surface area contributed by atoms with Gasteiger partial charge in [-0.25, -0.2) is 18.0 Å². The maximum atomic E-state index is 11.4. The number of sulfone groups is 1. The van der Waals surface area contributed by atoms with Crippen LogP contribution in [0, 0.1) is 0 Å². The highest BCUT2D eigenvalue weighted by Crippen LogP contribution is 1.94. The summed E-state index contributed by atoms with van der Waals surface area (Å²) >= 11 is 0. The fraction of sp³-hybridized carbons (Fsp3) is 0.667. The number of carbonyl (C=O) groups excluding carboxylic acids is 2. The van der Waals surface area contributed by atoms with Crippen molar-refractivity contribution in [2.75, 3.05) is 12.0 Å². The van der Waals surface area contributed by atoms with E-state index in [4.69, 9.17) is 10.8 Å². The zero-order valence-corrected chi connectivity index (χ0v) is 11.4. The van der Waals surface area contributed by atoms with Crippen LogP contribution in [0.3, 0.4) is 0 Å². The molecule has 9 nitrogen and oxygen atoms in total. The number of carboxylic acids is 1. The van der Waals surface area contributed by atoms with E-state index in [0.717, 1.165) is 6.26 Å². The van der Waals surface area contributed by atoms with Crippen LogP contribution in [0.25, 0.3) is 0 Å². The van der Waals surface area contributed by atoms with Gasteiger partial charge >= 0.3 is 12.0 Å². The Morgan fingerprint density at radius 2 is 1.79 bits per heavy atom. The number of carboxylic acid groups (broad SMARTS) is 1. The normalized spacial score (nSPS) is 14.2. The predicted molar refractivity (Wildman–Crippen MR) is 66.1 cm³/mol. The number of nitrogens with two attached hydrogens (primary N) is 1. The van der Waals surface area contributed by atoms with Gasteiger partial charge in [-0.15, -0.1) is 0 Å². The van der Waals surface area contributed by atoms with Crippen molar-refractivity contribution in [2.45, 2.75) is 25.4 Å². The Hall–Kier alpha value is -1.84. The molecule has 0 saturated carbocycles.